The van der Waals surface area contributed by atoms with Crippen LogP contribution in [0.4, 0.5) is 4.39 Å². The lowest BCUT2D eigenvalue weighted by Gasteiger charge is -2.30. The topological polar surface area (TPSA) is 106 Å². The Morgan fingerprint density at radius 2 is 2.13 bits per heavy atom. The molecule has 2 bridgehead atoms. The molecule has 38 heavy (non-hydrogen) atoms. The third-order valence-electron chi connectivity index (χ3n) is 7.53. The number of H-pyrrole nitrogens is 1. The van der Waals surface area contributed by atoms with Crippen molar-refractivity contribution in [3.05, 3.63) is 41.1 Å². The second-order valence-corrected chi connectivity index (χ2v) is 9.86. The molecule has 2 atom stereocenters. The number of benzene rings is 1. The highest BCUT2D eigenvalue weighted by Gasteiger charge is 2.34. The first-order chi connectivity index (χ1) is 18.5. The molecule has 0 aliphatic carbocycles. The summed E-state index contributed by atoms with van der Waals surface area (Å²) in [7, 11) is 1.81. The van der Waals surface area contributed by atoms with E-state index in [9.17, 15) is 5.11 Å². The molecule has 0 spiro atoms. The highest BCUT2D eigenvalue weighted by atomic mass is 19.1. The predicted octanol–water partition coefficient (Wildman–Crippen LogP) is 3.61. The quantitative estimate of drug-likeness (QED) is 0.423. The van der Waals surface area contributed by atoms with E-state index >= 15 is 4.39 Å². The number of ether oxygens (including phenoxy) is 2. The number of aliphatic hydroxyl groups excluding tert-OH is 1. The Labute approximate surface area is 219 Å². The molecule has 0 unspecified atom stereocenters. The molecule has 6 rings (SSSR count). The van der Waals surface area contributed by atoms with Crippen molar-refractivity contribution in [2.24, 2.45) is 7.05 Å². The zero-order valence-corrected chi connectivity index (χ0v) is 21.8. The predicted molar refractivity (Wildman–Crippen MR) is 141 cm³/mol. The van der Waals surface area contributed by atoms with Gasteiger partial charge in [-0.2, -0.15) is 10.2 Å². The summed E-state index contributed by atoms with van der Waals surface area (Å²) in [5.41, 5.74) is 4.08. The minimum Gasteiger partial charge on any atom is -0.476 e. The zero-order valence-electron chi connectivity index (χ0n) is 21.8. The van der Waals surface area contributed by atoms with E-state index in [0.717, 1.165) is 36.0 Å². The second kappa shape index (κ2) is 9.88. The Hall–Kier alpha value is -3.70. The standard InChI is InChI=1S/C27H32FN7O3/c1-4-37-26-17-7-8-22-19-12-18(21(28)13-23(19)31-30-22)20-14-29-33(3)27(20)38-16(2)24-6-5-9-34(24)15-25(17)35(32-26)10-11-36/h7-8,12-14,16,24,36H,4-6,9-11,15H2,1-3H3,(H,30,31)/b8-7+/t16-,24-/m1/s1. The van der Waals surface area contributed by atoms with Crippen LogP contribution in [0.2, 0.25) is 0 Å². The van der Waals surface area contributed by atoms with Gasteiger partial charge in [-0.15, -0.1) is 5.10 Å². The first-order valence-electron chi connectivity index (χ1n) is 13.1. The Balaban J connectivity index is 1.57. The molecule has 1 saturated heterocycles. The van der Waals surface area contributed by atoms with Crippen molar-refractivity contribution in [3.63, 3.8) is 0 Å². The number of aliphatic hydroxyl groups is 1. The number of hydrogen-bond donors (Lipinski definition) is 2. The number of aryl methyl sites for hydroxylation is 1. The van der Waals surface area contributed by atoms with Crippen LogP contribution < -0.4 is 9.47 Å². The monoisotopic (exact) mass is 521 g/mol. The smallest absolute Gasteiger partial charge is 0.240 e. The fourth-order valence-electron chi connectivity index (χ4n) is 5.68. The maximum Gasteiger partial charge on any atom is 0.240 e. The lowest BCUT2D eigenvalue weighted by molar-refractivity contribution is 0.0920. The van der Waals surface area contributed by atoms with E-state index in [0.29, 0.717) is 53.8 Å². The normalized spacial score (nSPS) is 20.4. The van der Waals surface area contributed by atoms with Crippen LogP contribution in [0.3, 0.4) is 0 Å². The first kappa shape index (κ1) is 24.6. The third-order valence-corrected chi connectivity index (χ3v) is 7.53. The van der Waals surface area contributed by atoms with Crippen molar-refractivity contribution < 1.29 is 19.0 Å². The summed E-state index contributed by atoms with van der Waals surface area (Å²) >= 11 is 0. The first-order valence-corrected chi connectivity index (χ1v) is 13.1. The molecule has 1 fully saturated rings. The van der Waals surface area contributed by atoms with Gasteiger partial charge in [-0.25, -0.2) is 9.07 Å². The molecule has 2 aliphatic heterocycles. The van der Waals surface area contributed by atoms with Gasteiger partial charge >= 0.3 is 0 Å². The van der Waals surface area contributed by atoms with Gasteiger partial charge in [-0.3, -0.25) is 14.7 Å². The molecule has 2 N–H and O–H groups in total. The van der Waals surface area contributed by atoms with E-state index in [2.05, 4.69) is 27.1 Å². The van der Waals surface area contributed by atoms with Crippen LogP contribution >= 0.6 is 0 Å². The molecule has 11 heteroatoms. The van der Waals surface area contributed by atoms with E-state index in [1.165, 1.54) is 6.07 Å². The molecular weight excluding hydrogens is 489 g/mol. The Morgan fingerprint density at radius 3 is 2.95 bits per heavy atom. The molecule has 3 aromatic heterocycles. The Bertz CT molecular complexity index is 1500. The van der Waals surface area contributed by atoms with Gasteiger partial charge < -0.3 is 14.6 Å². The molecule has 0 radical (unpaired) electrons. The summed E-state index contributed by atoms with van der Waals surface area (Å²) in [6.07, 6.45) is 7.35. The van der Waals surface area contributed by atoms with Gasteiger partial charge in [0, 0.05) is 36.7 Å². The minimum atomic E-state index is -0.375. The van der Waals surface area contributed by atoms with Gasteiger partial charge in [-0.1, -0.05) is 0 Å². The van der Waals surface area contributed by atoms with Crippen LogP contribution in [0.5, 0.6) is 11.8 Å². The van der Waals surface area contributed by atoms with E-state index in [-0.39, 0.29) is 24.6 Å². The van der Waals surface area contributed by atoms with Crippen molar-refractivity contribution >= 4 is 23.1 Å². The number of halogens is 1. The third kappa shape index (κ3) is 4.15. The van der Waals surface area contributed by atoms with Crippen LogP contribution in [-0.4, -0.2) is 71.7 Å². The van der Waals surface area contributed by atoms with Crippen molar-refractivity contribution in [1.29, 1.82) is 0 Å². The average molecular weight is 522 g/mol. The van der Waals surface area contributed by atoms with Gasteiger partial charge in [0.2, 0.25) is 11.8 Å². The molecule has 2 aliphatic rings. The number of fused-ring (bicyclic) bond motifs is 5. The van der Waals surface area contributed by atoms with Crippen LogP contribution in [0.15, 0.2) is 18.3 Å². The second-order valence-electron chi connectivity index (χ2n) is 9.86. The fraction of sp³-hybridized carbons (Fsp3) is 0.444. The van der Waals surface area contributed by atoms with Crippen LogP contribution in [0.1, 0.15) is 43.6 Å². The molecule has 4 aromatic rings. The van der Waals surface area contributed by atoms with Gasteiger partial charge in [0.25, 0.3) is 0 Å². The van der Waals surface area contributed by atoms with Crippen molar-refractivity contribution in [2.75, 3.05) is 19.8 Å². The minimum absolute atomic E-state index is 0.0338. The molecule has 1 aromatic carbocycles. The van der Waals surface area contributed by atoms with Crippen molar-refractivity contribution in [3.8, 4) is 22.9 Å². The van der Waals surface area contributed by atoms with Gasteiger partial charge in [0.05, 0.1) is 54.0 Å². The number of nitrogens with zero attached hydrogens (tertiary/aromatic N) is 6. The molecule has 200 valence electrons. The summed E-state index contributed by atoms with van der Waals surface area (Å²) in [5, 5.41) is 27.0. The SMILES string of the molecule is CCOc1nn(CCO)c2c1/C=C/c1n[nH]c3cc(F)c(cc13)-c1cnn(C)c1O[C@H](C)[C@H]1CCCN1C2. The van der Waals surface area contributed by atoms with Gasteiger partial charge in [0.15, 0.2) is 0 Å². The maximum absolute atomic E-state index is 15.4. The summed E-state index contributed by atoms with van der Waals surface area (Å²) in [6, 6.07) is 3.39. The Kier molecular flexibility index (Phi) is 6.40. The van der Waals surface area contributed by atoms with E-state index < -0.39 is 0 Å². The molecular formula is C27H32FN7O3. The van der Waals surface area contributed by atoms with Crippen LogP contribution in [-0.2, 0) is 20.1 Å². The summed E-state index contributed by atoms with van der Waals surface area (Å²) in [6.45, 7) is 6.30. The number of hydrogen-bond acceptors (Lipinski definition) is 7. The Morgan fingerprint density at radius 1 is 1.26 bits per heavy atom. The average Bonchev–Trinajstić information content (AvgIpc) is 3.66. The zero-order chi connectivity index (χ0) is 26.4. The summed E-state index contributed by atoms with van der Waals surface area (Å²) in [5.74, 6) is 0.671. The van der Waals surface area contributed by atoms with Crippen LogP contribution in [0, 0.1) is 5.82 Å². The van der Waals surface area contributed by atoms with Crippen molar-refractivity contribution in [2.45, 2.75) is 51.9 Å². The van der Waals surface area contributed by atoms with Gasteiger partial charge in [0.1, 0.15) is 11.9 Å². The van der Waals surface area contributed by atoms with Crippen molar-refractivity contribution in [1.82, 2.24) is 34.7 Å². The fourth-order valence-corrected chi connectivity index (χ4v) is 5.68. The van der Waals surface area contributed by atoms with E-state index in [1.54, 1.807) is 16.9 Å². The maximum atomic E-state index is 15.4. The highest BCUT2D eigenvalue weighted by molar-refractivity contribution is 5.93. The molecule has 5 heterocycles. The summed E-state index contributed by atoms with van der Waals surface area (Å²) < 4.78 is 31.3. The van der Waals surface area contributed by atoms with E-state index in [4.69, 9.17) is 14.6 Å². The van der Waals surface area contributed by atoms with Crippen LogP contribution in [0.25, 0.3) is 34.2 Å². The lowest BCUT2D eigenvalue weighted by Crippen LogP contribution is -2.41. The largest absolute Gasteiger partial charge is 0.476 e. The molecule has 10 nitrogen and oxygen atoms in total. The summed E-state index contributed by atoms with van der Waals surface area (Å²) in [4.78, 5) is 2.39. The van der Waals surface area contributed by atoms with Gasteiger partial charge in [-0.05, 0) is 51.5 Å². The van der Waals surface area contributed by atoms with E-state index in [1.807, 2.05) is 30.8 Å². The molecule has 0 amide bonds. The number of nitrogens with one attached hydrogen (secondary N) is 1. The molecule has 0 saturated carbocycles. The highest BCUT2D eigenvalue weighted by Crippen LogP contribution is 2.37. The number of aromatic nitrogens is 6. The number of aromatic amines is 1. The lowest BCUT2D eigenvalue weighted by atomic mass is 10.0. The number of rotatable bonds is 4.